The van der Waals surface area contributed by atoms with E-state index in [0.717, 1.165) is 11.0 Å². The number of carbonyl (C=O) groups excluding carboxylic acids is 2. The monoisotopic (exact) mass is 696 g/mol. The second kappa shape index (κ2) is 12.5. The molecule has 2 aliphatic rings. The third kappa shape index (κ3) is 5.79. The normalized spacial score (nSPS) is 19.8. The van der Waals surface area contributed by atoms with Gasteiger partial charge in [0.15, 0.2) is 0 Å². The molecule has 2 aromatic rings. The maximum Gasteiger partial charge on any atom is 0.430 e. The summed E-state index contributed by atoms with van der Waals surface area (Å²) in [6, 6.07) is 4.31. The van der Waals surface area contributed by atoms with E-state index in [2.05, 4.69) is 26.0 Å². The highest BCUT2D eigenvalue weighted by molar-refractivity contribution is 9.10. The number of rotatable bonds is 11. The predicted molar refractivity (Wildman–Crippen MR) is 149 cm³/mol. The van der Waals surface area contributed by atoms with Crippen LogP contribution in [-0.4, -0.2) is 42.3 Å². The predicted octanol–water partition coefficient (Wildman–Crippen LogP) is 7.97. The van der Waals surface area contributed by atoms with Gasteiger partial charge >= 0.3 is 18.4 Å². The molecule has 2 heterocycles. The van der Waals surface area contributed by atoms with Crippen molar-refractivity contribution in [2.75, 3.05) is 13.2 Å². The minimum absolute atomic E-state index is 0.0350. The molecule has 0 aromatic heterocycles. The summed E-state index contributed by atoms with van der Waals surface area (Å²) >= 11 is 3.08. The molecule has 242 valence electrons. The van der Waals surface area contributed by atoms with Gasteiger partial charge in [0.2, 0.25) is 0 Å². The van der Waals surface area contributed by atoms with Crippen LogP contribution < -0.4 is 10.1 Å². The van der Waals surface area contributed by atoms with E-state index in [-0.39, 0.29) is 52.9 Å². The molecule has 1 N–H and O–H groups in total. The molecule has 0 bridgehead atoms. The lowest BCUT2D eigenvalue weighted by atomic mass is 9.84. The molecule has 4 rings (SSSR count). The van der Waals surface area contributed by atoms with E-state index in [1.165, 1.54) is 25.1 Å². The van der Waals surface area contributed by atoms with Crippen LogP contribution in [-0.2, 0) is 40.1 Å². The highest BCUT2D eigenvalue weighted by Gasteiger charge is 2.76. The molecule has 3 amide bonds. The topological polar surface area (TPSA) is 67.9 Å². The van der Waals surface area contributed by atoms with E-state index in [1.54, 1.807) is 13.8 Å². The summed E-state index contributed by atoms with van der Waals surface area (Å²) in [5.41, 5.74) is -6.04. The fraction of sp³-hybridized carbons (Fsp3) is 0.533. The highest BCUT2D eigenvalue weighted by Crippen LogP contribution is 2.58. The van der Waals surface area contributed by atoms with Crippen molar-refractivity contribution in [3.8, 4) is 5.75 Å². The molecule has 0 aliphatic carbocycles. The summed E-state index contributed by atoms with van der Waals surface area (Å²) in [5, 5.41) is 2.65. The average Bonchev–Trinajstić information content (AvgIpc) is 3.43. The van der Waals surface area contributed by atoms with Gasteiger partial charge in [-0.3, -0.25) is 9.69 Å². The molecule has 1 atom stereocenters. The van der Waals surface area contributed by atoms with Crippen molar-refractivity contribution in [1.82, 2.24) is 10.2 Å². The van der Waals surface area contributed by atoms with Crippen molar-refractivity contribution < 1.29 is 49.8 Å². The van der Waals surface area contributed by atoms with Crippen LogP contribution in [0.25, 0.3) is 0 Å². The Kier molecular flexibility index (Phi) is 9.66. The summed E-state index contributed by atoms with van der Waals surface area (Å²) in [7, 11) is 0. The molecule has 1 unspecified atom stereocenters. The number of halogens is 8. The van der Waals surface area contributed by atoms with E-state index in [4.69, 9.17) is 4.74 Å². The maximum atomic E-state index is 14.0. The van der Waals surface area contributed by atoms with Crippen LogP contribution >= 0.6 is 15.9 Å². The number of carbonyl (C=O) groups is 2. The van der Waals surface area contributed by atoms with Crippen molar-refractivity contribution in [3.63, 3.8) is 0 Å². The third-order valence-corrected chi connectivity index (χ3v) is 8.61. The number of amides is 3. The van der Waals surface area contributed by atoms with E-state index in [1.807, 2.05) is 0 Å². The lowest BCUT2D eigenvalue weighted by Gasteiger charge is -2.34. The van der Waals surface area contributed by atoms with Crippen LogP contribution in [0.4, 0.5) is 35.5 Å². The van der Waals surface area contributed by atoms with E-state index in [9.17, 15) is 40.3 Å². The molecule has 1 saturated heterocycles. The first kappa shape index (κ1) is 34.0. The first-order valence-corrected chi connectivity index (χ1v) is 15.0. The summed E-state index contributed by atoms with van der Waals surface area (Å²) < 4.78 is 109. The van der Waals surface area contributed by atoms with Gasteiger partial charge in [0.05, 0.1) is 17.7 Å². The number of urea groups is 1. The zero-order chi connectivity index (χ0) is 32.7. The number of nitrogens with zero attached hydrogens (tertiary/aromatic N) is 1. The summed E-state index contributed by atoms with van der Waals surface area (Å²) in [4.78, 5) is 26.9. The quantitative estimate of drug-likeness (QED) is 0.147. The van der Waals surface area contributed by atoms with Gasteiger partial charge in [-0.2, -0.15) is 26.3 Å². The van der Waals surface area contributed by atoms with Gasteiger partial charge < -0.3 is 14.8 Å². The largest absolute Gasteiger partial charge is 0.493 e. The van der Waals surface area contributed by atoms with Crippen molar-refractivity contribution in [2.24, 2.45) is 0 Å². The van der Waals surface area contributed by atoms with Crippen LogP contribution in [0.15, 0.2) is 28.7 Å². The molecule has 2 aromatic carbocycles. The molecule has 44 heavy (non-hydrogen) atoms. The van der Waals surface area contributed by atoms with Gasteiger partial charge in [0.1, 0.15) is 17.1 Å². The van der Waals surface area contributed by atoms with Gasteiger partial charge in [0.25, 0.3) is 11.5 Å². The maximum absolute atomic E-state index is 14.0. The Bertz CT molecular complexity index is 1420. The first-order chi connectivity index (χ1) is 20.5. The molecule has 6 nitrogen and oxygen atoms in total. The molecule has 1 fully saturated rings. The number of unbranched alkanes of at least 4 members (excludes halogenated alkanes) is 1. The van der Waals surface area contributed by atoms with Crippen molar-refractivity contribution in [1.29, 1.82) is 0 Å². The number of aryl methyl sites for hydroxylation is 1. The van der Waals surface area contributed by atoms with Gasteiger partial charge in [-0.15, -0.1) is 0 Å². The van der Waals surface area contributed by atoms with E-state index in [0.29, 0.717) is 31.2 Å². The number of alkyl halides is 6. The Morgan fingerprint density at radius 2 is 1.68 bits per heavy atom. The van der Waals surface area contributed by atoms with Crippen molar-refractivity contribution >= 4 is 27.9 Å². The molecule has 0 spiro atoms. The van der Waals surface area contributed by atoms with Crippen LogP contribution in [0.3, 0.4) is 0 Å². The van der Waals surface area contributed by atoms with E-state index < -0.39 is 53.4 Å². The molecular formula is C30H32BrF7N2O4. The first-order valence-electron chi connectivity index (χ1n) is 14.2. The Labute approximate surface area is 258 Å². The standard InChI is InChI=1S/C30H32BrF7N2O4/c1-4-8-17-14-21-20(16-44-28(21,29(33,34)35)30(36,37)38)19(9-5-2)24(17)43-13-7-6-12-40-25(41)27(3,39-26(40)42)18-10-11-23(32)22(31)15-18/h10-11,14-15H,4-9,12-13,16H2,1-3H3,(H,39,42). The number of ether oxygens (including phenoxy) is 2. The zero-order valence-corrected chi connectivity index (χ0v) is 25.9. The average molecular weight is 697 g/mol. The zero-order valence-electron chi connectivity index (χ0n) is 24.3. The van der Waals surface area contributed by atoms with Gasteiger partial charge in [-0.1, -0.05) is 32.8 Å². The van der Waals surface area contributed by atoms with Crippen LogP contribution in [0.5, 0.6) is 5.75 Å². The van der Waals surface area contributed by atoms with Crippen LogP contribution in [0.2, 0.25) is 0 Å². The smallest absolute Gasteiger partial charge is 0.430 e. The second-order valence-electron chi connectivity index (χ2n) is 11.0. The van der Waals surface area contributed by atoms with E-state index >= 15 is 0 Å². The Hall–Kier alpha value is -2.87. The number of fused-ring (bicyclic) bond motifs is 1. The van der Waals surface area contributed by atoms with Crippen LogP contribution in [0.1, 0.15) is 74.3 Å². The molecule has 0 radical (unpaired) electrons. The Morgan fingerprint density at radius 1 is 1.02 bits per heavy atom. The lowest BCUT2D eigenvalue weighted by Crippen LogP contribution is -2.53. The highest BCUT2D eigenvalue weighted by atomic mass is 79.9. The van der Waals surface area contributed by atoms with Gasteiger partial charge in [-0.05, 0) is 83.4 Å². The molecule has 2 aliphatic heterocycles. The number of benzene rings is 2. The number of hydrogen-bond donors (Lipinski definition) is 1. The van der Waals surface area contributed by atoms with Crippen molar-refractivity contribution in [3.05, 3.63) is 62.4 Å². The lowest BCUT2D eigenvalue weighted by molar-refractivity contribution is -0.385. The van der Waals surface area contributed by atoms with Crippen LogP contribution in [0, 0.1) is 5.82 Å². The molecular weight excluding hydrogens is 665 g/mol. The number of hydrogen-bond acceptors (Lipinski definition) is 4. The van der Waals surface area contributed by atoms with Gasteiger partial charge in [-0.25, -0.2) is 9.18 Å². The van der Waals surface area contributed by atoms with Crippen molar-refractivity contribution in [2.45, 2.75) is 89.4 Å². The fourth-order valence-corrected chi connectivity index (χ4v) is 6.16. The third-order valence-electron chi connectivity index (χ3n) is 8.00. The Morgan fingerprint density at radius 3 is 2.27 bits per heavy atom. The molecule has 14 heteroatoms. The second-order valence-corrected chi connectivity index (χ2v) is 11.9. The molecule has 0 saturated carbocycles. The number of imide groups is 1. The number of nitrogens with one attached hydrogen (secondary N) is 1. The minimum Gasteiger partial charge on any atom is -0.493 e. The summed E-state index contributed by atoms with van der Waals surface area (Å²) in [6.07, 6.45) is -9.55. The van der Waals surface area contributed by atoms with Gasteiger partial charge in [0, 0.05) is 17.7 Å². The SMILES string of the molecule is CCCc1cc2c(c(CCC)c1OCCCCN1C(=O)NC(C)(c3ccc(F)c(Br)c3)C1=O)COC2(C(F)(F)F)C(F)(F)F. The fourth-order valence-electron chi connectivity index (χ4n) is 5.79. The summed E-state index contributed by atoms with van der Waals surface area (Å²) in [5.74, 6) is -0.791. The minimum atomic E-state index is -5.73. The Balaban J connectivity index is 1.51. The summed E-state index contributed by atoms with van der Waals surface area (Å²) in [6.45, 7) is 4.25.